The minimum Gasteiger partial charge on any atom is -0.328 e. The summed E-state index contributed by atoms with van der Waals surface area (Å²) in [6.45, 7) is 6.09. The first-order chi connectivity index (χ1) is 16.9. The Bertz CT molecular complexity index is 1290. The van der Waals surface area contributed by atoms with Gasteiger partial charge in [-0.05, 0) is 74.6 Å². The lowest BCUT2D eigenvalue weighted by Gasteiger charge is -2.17. The van der Waals surface area contributed by atoms with E-state index in [0.717, 1.165) is 27.2 Å². The summed E-state index contributed by atoms with van der Waals surface area (Å²) < 4.78 is 2.03. The van der Waals surface area contributed by atoms with Crippen molar-refractivity contribution in [2.24, 2.45) is 0 Å². The van der Waals surface area contributed by atoms with Gasteiger partial charge in [-0.1, -0.05) is 53.7 Å². The van der Waals surface area contributed by atoms with Gasteiger partial charge in [-0.2, -0.15) is 0 Å². The minimum absolute atomic E-state index is 0.290. The molecule has 4 aromatic rings. The van der Waals surface area contributed by atoms with E-state index in [-0.39, 0.29) is 12.1 Å². The van der Waals surface area contributed by atoms with Crippen LogP contribution in [0.5, 0.6) is 0 Å². The number of aromatic nitrogens is 3. The molecule has 1 atom stereocenters. The normalized spacial score (nSPS) is 11.8. The van der Waals surface area contributed by atoms with Gasteiger partial charge in [-0.15, -0.1) is 22.0 Å². The number of anilines is 1. The third-order valence-electron chi connectivity index (χ3n) is 5.65. The maximum Gasteiger partial charge on any atom is 0.319 e. The van der Waals surface area contributed by atoms with Gasteiger partial charge < -0.3 is 10.6 Å². The number of rotatable bonds is 8. The van der Waals surface area contributed by atoms with Crippen LogP contribution in [0.15, 0.2) is 82.8 Å². The number of carbonyl (C=O) groups is 1. The molecule has 0 spiro atoms. The Morgan fingerprint density at radius 1 is 0.971 bits per heavy atom. The van der Waals surface area contributed by atoms with E-state index in [1.165, 1.54) is 16.7 Å². The molecule has 1 heterocycles. The quantitative estimate of drug-likeness (QED) is 0.259. The average Bonchev–Trinajstić information content (AvgIpc) is 3.28. The molecule has 1 aromatic heterocycles. The summed E-state index contributed by atoms with van der Waals surface area (Å²) in [6, 6.07) is 23.7. The van der Waals surface area contributed by atoms with E-state index < -0.39 is 0 Å². The molecule has 0 radical (unpaired) electrons. The standard InChI is InChI=1S/C27H29N5OS2/c1-18-9-13-23(14-10-18)32-25(30-31-27(32)35-17-21-8-6-5-7-19(21)2)20(3)28-26(33)29-22-11-15-24(34-4)16-12-22/h5-16,20H,17H2,1-4H3,(H2,28,29,33). The Kier molecular flexibility index (Phi) is 8.15. The molecule has 0 aliphatic rings. The Balaban J connectivity index is 1.55. The summed E-state index contributed by atoms with van der Waals surface area (Å²) in [5.74, 6) is 1.46. The molecule has 3 aromatic carbocycles. The summed E-state index contributed by atoms with van der Waals surface area (Å²) in [6.07, 6.45) is 2.02. The lowest BCUT2D eigenvalue weighted by atomic mass is 10.1. The smallest absolute Gasteiger partial charge is 0.319 e. The summed E-state index contributed by atoms with van der Waals surface area (Å²) in [5.41, 5.74) is 5.39. The van der Waals surface area contributed by atoms with Crippen LogP contribution in [0.4, 0.5) is 10.5 Å². The van der Waals surface area contributed by atoms with E-state index in [1.54, 1.807) is 23.5 Å². The molecule has 35 heavy (non-hydrogen) atoms. The van der Waals surface area contributed by atoms with Crippen LogP contribution in [0, 0.1) is 13.8 Å². The summed E-state index contributed by atoms with van der Waals surface area (Å²) >= 11 is 3.30. The van der Waals surface area contributed by atoms with E-state index >= 15 is 0 Å². The van der Waals surface area contributed by atoms with Gasteiger partial charge in [0.25, 0.3) is 0 Å². The second-order valence-corrected chi connectivity index (χ2v) is 10.1. The topological polar surface area (TPSA) is 71.8 Å². The summed E-state index contributed by atoms with van der Waals surface area (Å²) in [4.78, 5) is 13.9. The van der Waals surface area contributed by atoms with Gasteiger partial charge in [0.2, 0.25) is 0 Å². The SMILES string of the molecule is CSc1ccc(NC(=O)NC(C)c2nnc(SCc3ccccc3C)n2-c2ccc(C)cc2)cc1. The number of thioether (sulfide) groups is 2. The fourth-order valence-electron chi connectivity index (χ4n) is 3.61. The van der Waals surface area contributed by atoms with Crippen molar-refractivity contribution in [3.63, 3.8) is 0 Å². The van der Waals surface area contributed by atoms with Crippen LogP contribution in [-0.2, 0) is 5.75 Å². The maximum absolute atomic E-state index is 12.7. The summed E-state index contributed by atoms with van der Waals surface area (Å²) in [5, 5.41) is 15.7. The Hall–Kier alpha value is -3.23. The number of hydrogen-bond donors (Lipinski definition) is 2. The van der Waals surface area contributed by atoms with E-state index in [1.807, 2.05) is 48.1 Å². The highest BCUT2D eigenvalue weighted by Crippen LogP contribution is 2.28. The van der Waals surface area contributed by atoms with Crippen LogP contribution >= 0.6 is 23.5 Å². The molecule has 6 nitrogen and oxygen atoms in total. The Labute approximate surface area is 214 Å². The molecule has 2 N–H and O–H groups in total. The van der Waals surface area contributed by atoms with Crippen molar-refractivity contribution in [2.75, 3.05) is 11.6 Å². The largest absolute Gasteiger partial charge is 0.328 e. The van der Waals surface area contributed by atoms with Gasteiger partial charge in [0, 0.05) is 22.0 Å². The van der Waals surface area contributed by atoms with Gasteiger partial charge >= 0.3 is 6.03 Å². The average molecular weight is 504 g/mol. The molecule has 8 heteroatoms. The summed E-state index contributed by atoms with van der Waals surface area (Å²) in [7, 11) is 0. The van der Waals surface area contributed by atoms with Crippen molar-refractivity contribution in [2.45, 2.75) is 42.6 Å². The predicted octanol–water partition coefficient (Wildman–Crippen LogP) is 6.78. The second kappa shape index (κ2) is 11.5. The van der Waals surface area contributed by atoms with E-state index in [9.17, 15) is 4.79 Å². The fraction of sp³-hybridized carbons (Fsp3) is 0.222. The highest BCUT2D eigenvalue weighted by molar-refractivity contribution is 7.98. The maximum atomic E-state index is 12.7. The Morgan fingerprint density at radius 3 is 2.37 bits per heavy atom. The third kappa shape index (κ3) is 6.26. The number of nitrogens with one attached hydrogen (secondary N) is 2. The number of benzene rings is 3. The number of aryl methyl sites for hydroxylation is 2. The molecule has 0 saturated heterocycles. The molecule has 0 aliphatic heterocycles. The van der Waals surface area contributed by atoms with Crippen LogP contribution in [0.2, 0.25) is 0 Å². The van der Waals surface area contributed by atoms with Crippen molar-refractivity contribution in [3.8, 4) is 5.69 Å². The van der Waals surface area contributed by atoms with Gasteiger partial charge in [-0.25, -0.2) is 4.79 Å². The van der Waals surface area contributed by atoms with E-state index in [0.29, 0.717) is 5.82 Å². The number of amides is 2. The van der Waals surface area contributed by atoms with Gasteiger partial charge in [0.1, 0.15) is 0 Å². The van der Waals surface area contributed by atoms with Crippen LogP contribution < -0.4 is 10.6 Å². The molecule has 0 saturated carbocycles. The lowest BCUT2D eigenvalue weighted by molar-refractivity contribution is 0.249. The molecular formula is C27H29N5OS2. The zero-order valence-electron chi connectivity index (χ0n) is 20.3. The molecular weight excluding hydrogens is 474 g/mol. The zero-order chi connectivity index (χ0) is 24.8. The number of hydrogen-bond acceptors (Lipinski definition) is 5. The second-order valence-electron chi connectivity index (χ2n) is 8.28. The van der Waals surface area contributed by atoms with Crippen molar-refractivity contribution >= 4 is 35.2 Å². The van der Waals surface area contributed by atoms with Crippen LogP contribution in [-0.4, -0.2) is 27.1 Å². The fourth-order valence-corrected chi connectivity index (χ4v) is 5.05. The Morgan fingerprint density at radius 2 is 1.69 bits per heavy atom. The van der Waals surface area contributed by atoms with Gasteiger partial charge in [-0.3, -0.25) is 4.57 Å². The first kappa shape index (κ1) is 24.9. The highest BCUT2D eigenvalue weighted by Gasteiger charge is 2.21. The molecule has 0 aliphatic carbocycles. The monoisotopic (exact) mass is 503 g/mol. The number of nitrogens with zero attached hydrogens (tertiary/aromatic N) is 3. The van der Waals surface area contributed by atoms with Crippen molar-refractivity contribution in [3.05, 3.63) is 95.3 Å². The number of carbonyl (C=O) groups excluding carboxylic acids is 1. The first-order valence-electron chi connectivity index (χ1n) is 11.4. The van der Waals surface area contributed by atoms with Gasteiger partial charge in [0.15, 0.2) is 11.0 Å². The number of urea groups is 1. The highest BCUT2D eigenvalue weighted by atomic mass is 32.2. The minimum atomic E-state index is -0.359. The molecule has 0 fully saturated rings. The van der Waals surface area contributed by atoms with Crippen LogP contribution in [0.1, 0.15) is 35.5 Å². The third-order valence-corrected chi connectivity index (χ3v) is 7.37. The van der Waals surface area contributed by atoms with Crippen molar-refractivity contribution in [1.82, 2.24) is 20.1 Å². The first-order valence-corrected chi connectivity index (χ1v) is 13.6. The van der Waals surface area contributed by atoms with Crippen molar-refractivity contribution < 1.29 is 4.79 Å². The van der Waals surface area contributed by atoms with Gasteiger partial charge in [0.05, 0.1) is 6.04 Å². The molecule has 1 unspecified atom stereocenters. The molecule has 0 bridgehead atoms. The lowest BCUT2D eigenvalue weighted by Crippen LogP contribution is -2.32. The zero-order valence-corrected chi connectivity index (χ0v) is 21.9. The van der Waals surface area contributed by atoms with Crippen LogP contribution in [0.3, 0.4) is 0 Å². The van der Waals surface area contributed by atoms with E-state index in [2.05, 4.69) is 77.1 Å². The molecule has 180 valence electrons. The van der Waals surface area contributed by atoms with E-state index in [4.69, 9.17) is 0 Å². The molecule has 2 amide bonds. The predicted molar refractivity (Wildman–Crippen MR) is 146 cm³/mol. The van der Waals surface area contributed by atoms with Crippen molar-refractivity contribution in [1.29, 1.82) is 0 Å². The molecule has 4 rings (SSSR count). The van der Waals surface area contributed by atoms with Crippen LogP contribution in [0.25, 0.3) is 5.69 Å².